The Morgan fingerprint density at radius 3 is 2.59 bits per heavy atom. The number of benzene rings is 1. The summed E-state index contributed by atoms with van der Waals surface area (Å²) in [5.41, 5.74) is 0.944. The number of carbonyl (C=O) groups is 1. The van der Waals surface area contributed by atoms with Crippen LogP contribution >= 0.6 is 35.6 Å². The molecule has 1 saturated heterocycles. The van der Waals surface area contributed by atoms with Gasteiger partial charge in [-0.05, 0) is 24.1 Å². The Labute approximate surface area is 211 Å². The van der Waals surface area contributed by atoms with Crippen molar-refractivity contribution < 1.29 is 9.32 Å². The van der Waals surface area contributed by atoms with E-state index in [0.29, 0.717) is 30.4 Å². The SMILES string of the molecule is CN=C(NCCCc1nc(C(C)C)no1)N1CCN(C(=O)Cc2cccc(Cl)c2)CC1.I. The van der Waals surface area contributed by atoms with E-state index in [1.54, 1.807) is 7.05 Å². The van der Waals surface area contributed by atoms with Crippen molar-refractivity contribution in [3.8, 4) is 0 Å². The van der Waals surface area contributed by atoms with E-state index in [1.807, 2.05) is 43.0 Å². The van der Waals surface area contributed by atoms with Crippen LogP contribution in [0.25, 0.3) is 0 Å². The summed E-state index contributed by atoms with van der Waals surface area (Å²) in [6.45, 7) is 7.72. The molecule has 1 amide bonds. The number of aromatic nitrogens is 2. The average Bonchev–Trinajstić information content (AvgIpc) is 3.23. The molecule has 1 aromatic heterocycles. The topological polar surface area (TPSA) is 86.9 Å². The van der Waals surface area contributed by atoms with Crippen LogP contribution < -0.4 is 5.32 Å². The zero-order valence-corrected chi connectivity index (χ0v) is 22.0. The molecule has 0 unspecified atom stereocenters. The minimum absolute atomic E-state index is 0. The molecule has 0 bridgehead atoms. The molecule has 0 spiro atoms. The molecule has 8 nitrogen and oxygen atoms in total. The van der Waals surface area contributed by atoms with E-state index in [2.05, 4.69) is 25.3 Å². The fourth-order valence-electron chi connectivity index (χ4n) is 3.48. The molecule has 1 aliphatic rings. The van der Waals surface area contributed by atoms with Crippen molar-refractivity contribution in [2.24, 2.45) is 4.99 Å². The van der Waals surface area contributed by atoms with Gasteiger partial charge in [-0.25, -0.2) is 0 Å². The zero-order chi connectivity index (χ0) is 22.2. The second kappa shape index (κ2) is 13.0. The summed E-state index contributed by atoms with van der Waals surface area (Å²) in [4.78, 5) is 25.5. The number of carbonyl (C=O) groups excluding carboxylic acids is 1. The van der Waals surface area contributed by atoms with E-state index in [1.165, 1.54) is 0 Å². The maximum Gasteiger partial charge on any atom is 0.227 e. The molecule has 0 radical (unpaired) electrons. The van der Waals surface area contributed by atoms with Gasteiger partial charge in [0.2, 0.25) is 11.8 Å². The highest BCUT2D eigenvalue weighted by atomic mass is 127. The first-order valence-corrected chi connectivity index (χ1v) is 11.1. The van der Waals surface area contributed by atoms with Gasteiger partial charge in [0.05, 0.1) is 6.42 Å². The number of nitrogens with one attached hydrogen (secondary N) is 1. The van der Waals surface area contributed by atoms with Gasteiger partial charge >= 0.3 is 0 Å². The number of hydrogen-bond acceptors (Lipinski definition) is 5. The smallest absolute Gasteiger partial charge is 0.227 e. The number of nitrogens with zero attached hydrogens (tertiary/aromatic N) is 5. The standard InChI is InChI=1S/C22H31ClN6O2.HI/c1-16(2)21-26-19(31-27-21)8-5-9-25-22(24-3)29-12-10-28(11-13-29)20(30)15-17-6-4-7-18(23)14-17;/h4,6-7,14,16H,5,8-13,15H2,1-3H3,(H,24,25);1H. The highest BCUT2D eigenvalue weighted by Crippen LogP contribution is 2.13. The van der Waals surface area contributed by atoms with Crippen molar-refractivity contribution in [2.75, 3.05) is 39.8 Å². The number of amides is 1. The summed E-state index contributed by atoms with van der Waals surface area (Å²) in [6, 6.07) is 7.47. The second-order valence-electron chi connectivity index (χ2n) is 7.95. The van der Waals surface area contributed by atoms with E-state index >= 15 is 0 Å². The van der Waals surface area contributed by atoms with Crippen molar-refractivity contribution in [3.63, 3.8) is 0 Å². The average molecular weight is 575 g/mol. The molecule has 0 saturated carbocycles. The summed E-state index contributed by atoms with van der Waals surface area (Å²) < 4.78 is 5.28. The lowest BCUT2D eigenvalue weighted by Gasteiger charge is -2.36. The molecule has 10 heteroatoms. The summed E-state index contributed by atoms with van der Waals surface area (Å²) in [6.07, 6.45) is 1.98. The fourth-order valence-corrected chi connectivity index (χ4v) is 3.69. The predicted molar refractivity (Wildman–Crippen MR) is 137 cm³/mol. The molecule has 0 aliphatic carbocycles. The molecule has 0 atom stereocenters. The summed E-state index contributed by atoms with van der Waals surface area (Å²) in [7, 11) is 1.78. The van der Waals surface area contributed by atoms with E-state index in [9.17, 15) is 4.79 Å². The Morgan fingerprint density at radius 2 is 1.97 bits per heavy atom. The number of hydrogen-bond donors (Lipinski definition) is 1. The van der Waals surface area contributed by atoms with Crippen LogP contribution in [-0.2, 0) is 17.6 Å². The third-order valence-corrected chi connectivity index (χ3v) is 5.47. The Balaban J connectivity index is 0.00000363. The molecule has 1 N–H and O–H groups in total. The number of rotatable bonds is 7. The van der Waals surface area contributed by atoms with Crippen molar-refractivity contribution >= 4 is 47.4 Å². The lowest BCUT2D eigenvalue weighted by atomic mass is 10.1. The van der Waals surface area contributed by atoms with Crippen LogP contribution in [0.5, 0.6) is 0 Å². The Bertz CT molecular complexity index is 896. The Morgan fingerprint density at radius 1 is 1.25 bits per heavy atom. The van der Waals surface area contributed by atoms with Gasteiger partial charge in [0.15, 0.2) is 11.8 Å². The maximum atomic E-state index is 12.6. The van der Waals surface area contributed by atoms with Gasteiger partial charge in [0.1, 0.15) is 0 Å². The van der Waals surface area contributed by atoms with E-state index in [0.717, 1.165) is 49.8 Å². The third kappa shape index (κ3) is 7.61. The predicted octanol–water partition coefficient (Wildman–Crippen LogP) is 3.36. The van der Waals surface area contributed by atoms with Gasteiger partial charge in [0, 0.05) is 57.1 Å². The van der Waals surface area contributed by atoms with Crippen molar-refractivity contribution in [1.29, 1.82) is 0 Å². The molecule has 1 fully saturated rings. The van der Waals surface area contributed by atoms with Gasteiger partial charge in [-0.2, -0.15) is 4.98 Å². The molecule has 3 rings (SSSR count). The van der Waals surface area contributed by atoms with Crippen LogP contribution in [0, 0.1) is 0 Å². The van der Waals surface area contributed by atoms with Crippen LogP contribution in [0.4, 0.5) is 0 Å². The van der Waals surface area contributed by atoms with Gasteiger partial charge in [0.25, 0.3) is 0 Å². The maximum absolute atomic E-state index is 12.6. The number of halogens is 2. The highest BCUT2D eigenvalue weighted by Gasteiger charge is 2.23. The largest absolute Gasteiger partial charge is 0.356 e. The Hall–Kier alpha value is -1.88. The number of piperazine rings is 1. The minimum Gasteiger partial charge on any atom is -0.356 e. The first-order chi connectivity index (χ1) is 15.0. The zero-order valence-electron chi connectivity index (χ0n) is 18.9. The number of guanidine groups is 1. The molecule has 1 aliphatic heterocycles. The van der Waals surface area contributed by atoms with E-state index < -0.39 is 0 Å². The molecule has 176 valence electrons. The Kier molecular flexibility index (Phi) is 10.7. The van der Waals surface area contributed by atoms with Crippen LogP contribution in [-0.4, -0.2) is 71.6 Å². The molecule has 2 aromatic rings. The normalized spacial score (nSPS) is 14.5. The van der Waals surface area contributed by atoms with Gasteiger partial charge in [-0.15, -0.1) is 24.0 Å². The first kappa shape index (κ1) is 26.4. The van der Waals surface area contributed by atoms with Crippen LogP contribution in [0.3, 0.4) is 0 Å². The third-order valence-electron chi connectivity index (χ3n) is 5.24. The van der Waals surface area contributed by atoms with Crippen LogP contribution in [0.15, 0.2) is 33.8 Å². The van der Waals surface area contributed by atoms with Crippen molar-refractivity contribution in [3.05, 3.63) is 46.6 Å². The van der Waals surface area contributed by atoms with E-state index in [-0.39, 0.29) is 35.8 Å². The second-order valence-corrected chi connectivity index (χ2v) is 8.39. The van der Waals surface area contributed by atoms with Crippen LogP contribution in [0.1, 0.15) is 43.5 Å². The quantitative estimate of drug-likeness (QED) is 0.236. The lowest BCUT2D eigenvalue weighted by Crippen LogP contribution is -2.54. The van der Waals surface area contributed by atoms with Gasteiger partial charge in [-0.1, -0.05) is 42.7 Å². The number of aliphatic imine (C=N–C) groups is 1. The monoisotopic (exact) mass is 574 g/mol. The molecule has 32 heavy (non-hydrogen) atoms. The fraction of sp³-hybridized carbons (Fsp3) is 0.545. The summed E-state index contributed by atoms with van der Waals surface area (Å²) in [5.74, 6) is 2.68. The number of aryl methyl sites for hydroxylation is 1. The molecule has 1 aromatic carbocycles. The molecular formula is C22H32ClIN6O2. The first-order valence-electron chi connectivity index (χ1n) is 10.8. The molecular weight excluding hydrogens is 543 g/mol. The van der Waals surface area contributed by atoms with Crippen molar-refractivity contribution in [1.82, 2.24) is 25.3 Å². The highest BCUT2D eigenvalue weighted by molar-refractivity contribution is 14.0. The minimum atomic E-state index is 0. The lowest BCUT2D eigenvalue weighted by molar-refractivity contribution is -0.131. The van der Waals surface area contributed by atoms with Gasteiger partial charge < -0.3 is 19.6 Å². The van der Waals surface area contributed by atoms with E-state index in [4.69, 9.17) is 16.1 Å². The molecule has 2 heterocycles. The van der Waals surface area contributed by atoms with Crippen molar-refractivity contribution in [2.45, 2.75) is 39.0 Å². The van der Waals surface area contributed by atoms with Gasteiger partial charge in [-0.3, -0.25) is 9.79 Å². The summed E-state index contributed by atoms with van der Waals surface area (Å²) in [5, 5.41) is 8.05. The van der Waals surface area contributed by atoms with Crippen LogP contribution in [0.2, 0.25) is 5.02 Å². The summed E-state index contributed by atoms with van der Waals surface area (Å²) >= 11 is 6.02.